The van der Waals surface area contributed by atoms with E-state index < -0.39 is 12.4 Å². The zero-order valence-corrected chi connectivity index (χ0v) is 19.2. The van der Waals surface area contributed by atoms with E-state index in [9.17, 15) is 15.0 Å². The second-order valence-corrected chi connectivity index (χ2v) is 7.91. The molecule has 3 aromatic rings. The maximum absolute atomic E-state index is 12.5. The fourth-order valence-corrected chi connectivity index (χ4v) is 3.52. The van der Waals surface area contributed by atoms with Gasteiger partial charge in [-0.05, 0) is 55.0 Å². The largest absolute Gasteiger partial charge is 0.439 e. The number of nitrogens with zero attached hydrogens (tertiary/aromatic N) is 4. The summed E-state index contributed by atoms with van der Waals surface area (Å²) in [6.45, 7) is 2.25. The molecule has 9 nitrogen and oxygen atoms in total. The van der Waals surface area contributed by atoms with Gasteiger partial charge in [0.15, 0.2) is 0 Å². The molecule has 1 aliphatic heterocycles. The van der Waals surface area contributed by atoms with Gasteiger partial charge in [-0.3, -0.25) is 15.1 Å². The summed E-state index contributed by atoms with van der Waals surface area (Å²) in [5.41, 5.74) is 1.96. The highest BCUT2D eigenvalue weighted by atomic mass is 35.5. The first-order valence-electron chi connectivity index (χ1n) is 10.7. The Morgan fingerprint density at radius 1 is 1.09 bits per heavy atom. The van der Waals surface area contributed by atoms with Crippen LogP contribution in [-0.2, 0) is 13.2 Å². The second-order valence-electron chi connectivity index (χ2n) is 7.47. The number of aliphatic hydroxyl groups excluding tert-OH is 2. The van der Waals surface area contributed by atoms with Gasteiger partial charge in [0.1, 0.15) is 5.75 Å². The van der Waals surface area contributed by atoms with E-state index in [2.05, 4.69) is 15.3 Å². The van der Waals surface area contributed by atoms with Crippen LogP contribution >= 0.6 is 11.6 Å². The van der Waals surface area contributed by atoms with Crippen LogP contribution in [0.25, 0.3) is 0 Å². The van der Waals surface area contributed by atoms with Crippen LogP contribution < -0.4 is 10.1 Å². The lowest BCUT2D eigenvalue weighted by Gasteiger charge is -2.41. The molecule has 2 aromatic carbocycles. The summed E-state index contributed by atoms with van der Waals surface area (Å²) in [7, 11) is 0. The smallest absolute Gasteiger partial charge is 0.327 e. The monoisotopic (exact) mass is 481 g/mol. The van der Waals surface area contributed by atoms with Crippen molar-refractivity contribution in [2.75, 3.05) is 6.54 Å². The van der Waals surface area contributed by atoms with Crippen molar-refractivity contribution in [3.05, 3.63) is 83.0 Å². The molecule has 176 valence electrons. The summed E-state index contributed by atoms with van der Waals surface area (Å²) in [5, 5.41) is 23.4. The summed E-state index contributed by atoms with van der Waals surface area (Å²) in [6.07, 6.45) is -1.18. The van der Waals surface area contributed by atoms with Crippen molar-refractivity contribution >= 4 is 29.3 Å². The third-order valence-electron chi connectivity index (χ3n) is 5.15. The van der Waals surface area contributed by atoms with Gasteiger partial charge in [0.25, 0.3) is 0 Å². The van der Waals surface area contributed by atoms with Gasteiger partial charge in [0.2, 0.25) is 18.2 Å². The van der Waals surface area contributed by atoms with Crippen LogP contribution in [0.4, 0.5) is 10.5 Å². The molecular weight excluding hydrogens is 458 g/mol. The van der Waals surface area contributed by atoms with Gasteiger partial charge in [0, 0.05) is 17.6 Å². The van der Waals surface area contributed by atoms with Crippen molar-refractivity contribution in [1.82, 2.24) is 20.1 Å². The van der Waals surface area contributed by atoms with E-state index in [1.165, 1.54) is 4.90 Å². The number of rotatable bonds is 7. The van der Waals surface area contributed by atoms with Crippen molar-refractivity contribution < 1.29 is 19.7 Å². The van der Waals surface area contributed by atoms with Crippen molar-refractivity contribution in [2.24, 2.45) is 4.99 Å². The number of aliphatic hydroxyl groups is 2. The van der Waals surface area contributed by atoms with Crippen LogP contribution in [0.1, 0.15) is 18.2 Å². The van der Waals surface area contributed by atoms with Gasteiger partial charge in [-0.1, -0.05) is 29.8 Å². The molecule has 1 fully saturated rings. The number of benzene rings is 2. The Labute approximate surface area is 201 Å². The Bertz CT molecular complexity index is 1170. The molecule has 1 aliphatic rings. The highest BCUT2D eigenvalue weighted by Gasteiger charge is 2.35. The molecule has 10 heteroatoms. The van der Waals surface area contributed by atoms with Gasteiger partial charge in [-0.15, -0.1) is 0 Å². The van der Waals surface area contributed by atoms with Crippen LogP contribution in [0.2, 0.25) is 5.02 Å². The van der Waals surface area contributed by atoms with Crippen LogP contribution in [-0.4, -0.2) is 49.9 Å². The normalized spacial score (nSPS) is 17.1. The van der Waals surface area contributed by atoms with Crippen molar-refractivity contribution in [1.29, 1.82) is 0 Å². The van der Waals surface area contributed by atoms with E-state index in [1.807, 2.05) is 12.1 Å². The first-order valence-corrected chi connectivity index (χ1v) is 11.0. The number of amides is 2. The fourth-order valence-electron chi connectivity index (χ4n) is 3.40. The molecule has 1 aromatic heterocycles. The maximum atomic E-state index is 12.5. The minimum Gasteiger partial charge on any atom is -0.439 e. The van der Waals surface area contributed by atoms with E-state index >= 15 is 0 Å². The van der Waals surface area contributed by atoms with E-state index in [4.69, 9.17) is 16.3 Å². The Morgan fingerprint density at radius 2 is 1.82 bits per heavy atom. The molecule has 2 amide bonds. The SMILES string of the molecule is CCN1C(=O)NC(=Nc2ccc(Oc3cccc(CO)n3)cc2)N(Cc2ccc(Cl)cc2)C1O. The topological polar surface area (TPSA) is 111 Å². The van der Waals surface area contributed by atoms with E-state index in [1.54, 1.807) is 66.4 Å². The molecule has 1 atom stereocenters. The van der Waals surface area contributed by atoms with Gasteiger partial charge >= 0.3 is 6.03 Å². The van der Waals surface area contributed by atoms with Crippen LogP contribution in [0.3, 0.4) is 0 Å². The number of halogens is 1. The number of guanidine groups is 1. The second kappa shape index (κ2) is 10.5. The number of aromatic nitrogens is 1. The number of nitrogens with one attached hydrogen (secondary N) is 1. The summed E-state index contributed by atoms with van der Waals surface area (Å²) < 4.78 is 5.73. The standard InChI is InChI=1S/C24H24ClN5O4/c1-2-29-23(32)28-22(30(24(29)33)14-16-6-8-17(25)9-7-16)27-18-10-12-20(13-11-18)34-21-5-3-4-19(15-31)26-21/h3-13,24,31,33H,2,14-15H2,1H3,(H,27,28,32). The van der Waals surface area contributed by atoms with Crippen LogP contribution in [0, 0.1) is 0 Å². The lowest BCUT2D eigenvalue weighted by molar-refractivity contribution is -0.0670. The zero-order valence-electron chi connectivity index (χ0n) is 18.4. The first kappa shape index (κ1) is 23.5. The Balaban J connectivity index is 1.56. The number of hydrogen-bond acceptors (Lipinski definition) is 6. The summed E-state index contributed by atoms with van der Waals surface area (Å²) >= 11 is 5.99. The summed E-state index contributed by atoms with van der Waals surface area (Å²) in [5.74, 6) is 1.12. The molecule has 3 N–H and O–H groups in total. The van der Waals surface area contributed by atoms with Crippen molar-refractivity contribution in [3.63, 3.8) is 0 Å². The molecule has 1 saturated heterocycles. The molecule has 34 heavy (non-hydrogen) atoms. The zero-order chi connectivity index (χ0) is 24.1. The molecule has 0 aliphatic carbocycles. The predicted molar refractivity (Wildman–Crippen MR) is 128 cm³/mol. The lowest BCUT2D eigenvalue weighted by atomic mass is 10.2. The Morgan fingerprint density at radius 3 is 2.50 bits per heavy atom. The molecular formula is C24H24ClN5O4. The van der Waals surface area contributed by atoms with Crippen LogP contribution in [0.15, 0.2) is 71.7 Å². The van der Waals surface area contributed by atoms with Gasteiger partial charge in [-0.2, -0.15) is 0 Å². The number of ether oxygens (including phenoxy) is 1. The maximum Gasteiger partial charge on any atom is 0.327 e. The number of pyridine rings is 1. The quantitative estimate of drug-likeness (QED) is 0.473. The van der Waals surface area contributed by atoms with Gasteiger partial charge in [-0.25, -0.2) is 14.8 Å². The first-order chi connectivity index (χ1) is 16.5. The highest BCUT2D eigenvalue weighted by molar-refractivity contribution is 6.30. The average molecular weight is 482 g/mol. The van der Waals surface area contributed by atoms with Crippen molar-refractivity contribution in [2.45, 2.75) is 26.4 Å². The number of aliphatic imine (C=N–C) groups is 1. The Hall–Kier alpha value is -3.66. The Kier molecular flexibility index (Phi) is 7.27. The van der Waals surface area contributed by atoms with Gasteiger partial charge in [0.05, 0.1) is 24.5 Å². The van der Waals surface area contributed by atoms with E-state index in [0.29, 0.717) is 41.1 Å². The average Bonchev–Trinajstić information content (AvgIpc) is 2.84. The van der Waals surface area contributed by atoms with E-state index in [0.717, 1.165) is 5.56 Å². The minimum atomic E-state index is -1.18. The third-order valence-corrected chi connectivity index (χ3v) is 5.41. The fraction of sp³-hybridized carbons (Fsp3) is 0.208. The molecule has 0 spiro atoms. The predicted octanol–water partition coefficient (Wildman–Crippen LogP) is 3.83. The van der Waals surface area contributed by atoms with Crippen molar-refractivity contribution in [3.8, 4) is 11.6 Å². The highest BCUT2D eigenvalue weighted by Crippen LogP contribution is 2.24. The number of carbonyl (C=O) groups is 1. The molecule has 2 heterocycles. The minimum absolute atomic E-state index is 0.173. The van der Waals surface area contributed by atoms with Gasteiger partial charge < -0.3 is 14.9 Å². The lowest BCUT2D eigenvalue weighted by Crippen LogP contribution is -2.65. The molecule has 0 bridgehead atoms. The molecule has 0 radical (unpaired) electrons. The molecule has 0 saturated carbocycles. The van der Waals surface area contributed by atoms with Crippen LogP contribution in [0.5, 0.6) is 11.6 Å². The third kappa shape index (κ3) is 5.45. The summed E-state index contributed by atoms with van der Waals surface area (Å²) in [6, 6.07) is 18.8. The number of urea groups is 1. The number of hydrogen-bond donors (Lipinski definition) is 3. The summed E-state index contributed by atoms with van der Waals surface area (Å²) in [4.78, 5) is 24.1. The number of carbonyl (C=O) groups excluding carboxylic acids is 1. The molecule has 1 unspecified atom stereocenters. The molecule has 4 rings (SSSR count). The van der Waals surface area contributed by atoms with E-state index in [-0.39, 0.29) is 12.6 Å².